The molecule has 0 saturated heterocycles. The van der Waals surface area contributed by atoms with Gasteiger partial charge in [0.2, 0.25) is 0 Å². The second-order valence-corrected chi connectivity index (χ2v) is 5.62. The maximum absolute atomic E-state index is 12.3. The highest BCUT2D eigenvalue weighted by atomic mass is 79.9. The first-order valence-corrected chi connectivity index (χ1v) is 7.05. The van der Waals surface area contributed by atoms with Crippen LogP contribution in [0.1, 0.15) is 15.9 Å². The van der Waals surface area contributed by atoms with Crippen LogP contribution in [0.15, 0.2) is 45.3 Å². The number of ketones is 1. The molecule has 2 aromatic carbocycles. The van der Waals surface area contributed by atoms with Gasteiger partial charge in [-0.1, -0.05) is 0 Å². The Morgan fingerprint density at radius 2 is 1.63 bits per heavy atom. The Bertz CT molecular complexity index is 641. The van der Waals surface area contributed by atoms with Gasteiger partial charge in [0, 0.05) is 21.3 Å². The summed E-state index contributed by atoms with van der Waals surface area (Å²) in [6, 6.07) is 10.4. The molecule has 0 heterocycles. The molecular formula is C14H11Br2NO2. The number of nitrogen functional groups attached to an aromatic ring is 1. The maximum atomic E-state index is 12.3. The lowest BCUT2D eigenvalue weighted by atomic mass is 10.0. The van der Waals surface area contributed by atoms with E-state index in [4.69, 9.17) is 10.5 Å². The number of carbonyl (C=O) groups is 1. The molecular weight excluding hydrogens is 374 g/mol. The zero-order valence-electron chi connectivity index (χ0n) is 10.1. The van der Waals surface area contributed by atoms with Crippen molar-refractivity contribution in [3.8, 4) is 5.75 Å². The second kappa shape index (κ2) is 5.75. The number of halogens is 2. The molecule has 0 fully saturated rings. The van der Waals surface area contributed by atoms with Crippen LogP contribution in [0.5, 0.6) is 5.75 Å². The van der Waals surface area contributed by atoms with E-state index in [0.29, 0.717) is 27.0 Å². The standard InChI is InChI=1S/C14H11Br2NO2/c1-19-13-5-3-9(7-11(13)16)14(18)8-2-4-12(17)10(15)6-8/h2-7H,17H2,1H3. The van der Waals surface area contributed by atoms with E-state index in [9.17, 15) is 4.79 Å². The van der Waals surface area contributed by atoms with E-state index in [1.54, 1.807) is 43.5 Å². The number of methoxy groups -OCH3 is 1. The van der Waals surface area contributed by atoms with Crippen molar-refractivity contribution >= 4 is 43.3 Å². The van der Waals surface area contributed by atoms with Crippen LogP contribution in [0.2, 0.25) is 0 Å². The monoisotopic (exact) mass is 383 g/mol. The van der Waals surface area contributed by atoms with Crippen LogP contribution >= 0.6 is 31.9 Å². The highest BCUT2D eigenvalue weighted by molar-refractivity contribution is 9.11. The molecule has 3 nitrogen and oxygen atoms in total. The van der Waals surface area contributed by atoms with Gasteiger partial charge in [-0.25, -0.2) is 0 Å². The second-order valence-electron chi connectivity index (χ2n) is 3.91. The Labute approximate surface area is 128 Å². The van der Waals surface area contributed by atoms with E-state index in [-0.39, 0.29) is 5.78 Å². The SMILES string of the molecule is COc1ccc(C(=O)c2ccc(N)c(Br)c2)cc1Br. The Hall–Kier alpha value is -1.33. The number of nitrogens with two attached hydrogens (primary N) is 1. The van der Waals surface area contributed by atoms with Crippen molar-refractivity contribution < 1.29 is 9.53 Å². The van der Waals surface area contributed by atoms with E-state index < -0.39 is 0 Å². The van der Waals surface area contributed by atoms with Gasteiger partial charge < -0.3 is 10.5 Å². The highest BCUT2D eigenvalue weighted by Gasteiger charge is 2.12. The number of benzene rings is 2. The normalized spacial score (nSPS) is 10.3. The van der Waals surface area contributed by atoms with Crippen molar-refractivity contribution in [3.63, 3.8) is 0 Å². The first-order valence-electron chi connectivity index (χ1n) is 5.46. The Kier molecular flexibility index (Phi) is 4.27. The molecule has 0 spiro atoms. The number of carbonyl (C=O) groups excluding carboxylic acids is 1. The van der Waals surface area contributed by atoms with Crippen molar-refractivity contribution in [2.45, 2.75) is 0 Å². The van der Waals surface area contributed by atoms with Crippen molar-refractivity contribution in [1.82, 2.24) is 0 Å². The Balaban J connectivity index is 2.38. The zero-order valence-corrected chi connectivity index (χ0v) is 13.3. The fourth-order valence-electron chi connectivity index (χ4n) is 1.64. The fraction of sp³-hybridized carbons (Fsp3) is 0.0714. The lowest BCUT2D eigenvalue weighted by Crippen LogP contribution is -2.02. The van der Waals surface area contributed by atoms with Gasteiger partial charge in [-0.15, -0.1) is 0 Å². The molecule has 0 aliphatic heterocycles. The first kappa shape index (κ1) is 14.1. The smallest absolute Gasteiger partial charge is 0.193 e. The largest absolute Gasteiger partial charge is 0.496 e. The lowest BCUT2D eigenvalue weighted by Gasteiger charge is -2.07. The molecule has 2 aromatic rings. The average Bonchev–Trinajstić information content (AvgIpc) is 2.41. The molecule has 0 unspecified atom stereocenters. The van der Waals surface area contributed by atoms with Crippen molar-refractivity contribution in [2.75, 3.05) is 12.8 Å². The number of ether oxygens (including phenoxy) is 1. The number of hydrogen-bond donors (Lipinski definition) is 1. The first-order chi connectivity index (χ1) is 9.02. The molecule has 5 heteroatoms. The van der Waals surface area contributed by atoms with Crippen molar-refractivity contribution in [2.24, 2.45) is 0 Å². The van der Waals surface area contributed by atoms with Crippen LogP contribution in [-0.4, -0.2) is 12.9 Å². The molecule has 0 saturated carbocycles. The van der Waals surface area contributed by atoms with Gasteiger partial charge >= 0.3 is 0 Å². The molecule has 19 heavy (non-hydrogen) atoms. The van der Waals surface area contributed by atoms with E-state index in [2.05, 4.69) is 31.9 Å². The third-order valence-corrected chi connectivity index (χ3v) is 3.98. The van der Waals surface area contributed by atoms with Gasteiger partial charge in [-0.2, -0.15) is 0 Å². The van der Waals surface area contributed by atoms with Gasteiger partial charge in [0.15, 0.2) is 5.78 Å². The minimum atomic E-state index is -0.0657. The predicted octanol–water partition coefficient (Wildman–Crippen LogP) is 4.03. The molecule has 0 aliphatic carbocycles. The van der Waals surface area contributed by atoms with E-state index in [1.165, 1.54) is 0 Å². The summed E-state index contributed by atoms with van der Waals surface area (Å²) in [6.45, 7) is 0. The average molecular weight is 385 g/mol. The number of anilines is 1. The molecule has 0 amide bonds. The summed E-state index contributed by atoms with van der Waals surface area (Å²) in [6.07, 6.45) is 0. The van der Waals surface area contributed by atoms with E-state index in [0.717, 1.165) is 4.47 Å². The molecule has 0 radical (unpaired) electrons. The third-order valence-electron chi connectivity index (χ3n) is 2.68. The Morgan fingerprint density at radius 1 is 1.05 bits per heavy atom. The third kappa shape index (κ3) is 2.98. The maximum Gasteiger partial charge on any atom is 0.193 e. The van der Waals surface area contributed by atoms with Crippen LogP contribution in [-0.2, 0) is 0 Å². The summed E-state index contributed by atoms with van der Waals surface area (Å²) in [5.74, 6) is 0.624. The quantitative estimate of drug-likeness (QED) is 0.641. The van der Waals surface area contributed by atoms with E-state index >= 15 is 0 Å². The minimum Gasteiger partial charge on any atom is -0.496 e. The predicted molar refractivity (Wildman–Crippen MR) is 82.7 cm³/mol. The van der Waals surface area contributed by atoms with E-state index in [1.807, 2.05) is 0 Å². The summed E-state index contributed by atoms with van der Waals surface area (Å²) < 4.78 is 6.60. The summed E-state index contributed by atoms with van der Waals surface area (Å²) >= 11 is 6.69. The summed E-state index contributed by atoms with van der Waals surface area (Å²) in [5, 5.41) is 0. The molecule has 2 rings (SSSR count). The summed E-state index contributed by atoms with van der Waals surface area (Å²) in [4.78, 5) is 12.3. The molecule has 0 bridgehead atoms. The zero-order chi connectivity index (χ0) is 14.0. The van der Waals surface area contributed by atoms with Gasteiger partial charge in [-0.05, 0) is 68.3 Å². The number of hydrogen-bond acceptors (Lipinski definition) is 3. The molecule has 0 aromatic heterocycles. The number of rotatable bonds is 3. The topological polar surface area (TPSA) is 52.3 Å². The summed E-state index contributed by atoms with van der Waals surface area (Å²) in [7, 11) is 1.58. The Morgan fingerprint density at radius 3 is 2.16 bits per heavy atom. The van der Waals surface area contributed by atoms with Crippen LogP contribution in [0.3, 0.4) is 0 Å². The highest BCUT2D eigenvalue weighted by Crippen LogP contribution is 2.27. The van der Waals surface area contributed by atoms with Crippen LogP contribution in [0.25, 0.3) is 0 Å². The lowest BCUT2D eigenvalue weighted by molar-refractivity contribution is 0.103. The van der Waals surface area contributed by atoms with Gasteiger partial charge in [0.1, 0.15) is 5.75 Å². The van der Waals surface area contributed by atoms with Crippen LogP contribution in [0, 0.1) is 0 Å². The minimum absolute atomic E-state index is 0.0657. The fourth-order valence-corrected chi connectivity index (χ4v) is 2.56. The van der Waals surface area contributed by atoms with Gasteiger partial charge in [0.05, 0.1) is 11.6 Å². The molecule has 98 valence electrons. The molecule has 0 aliphatic rings. The molecule has 2 N–H and O–H groups in total. The van der Waals surface area contributed by atoms with Crippen molar-refractivity contribution in [3.05, 3.63) is 56.5 Å². The van der Waals surface area contributed by atoms with Crippen LogP contribution < -0.4 is 10.5 Å². The van der Waals surface area contributed by atoms with Gasteiger partial charge in [0.25, 0.3) is 0 Å². The molecule has 0 atom stereocenters. The van der Waals surface area contributed by atoms with Crippen LogP contribution in [0.4, 0.5) is 5.69 Å². The summed E-state index contributed by atoms with van der Waals surface area (Å²) in [5.41, 5.74) is 7.48. The van der Waals surface area contributed by atoms with Gasteiger partial charge in [-0.3, -0.25) is 4.79 Å². The van der Waals surface area contributed by atoms with Crippen molar-refractivity contribution in [1.29, 1.82) is 0 Å².